The fraction of sp³-hybridized carbons (Fsp3) is 0.467. The van der Waals surface area contributed by atoms with Gasteiger partial charge in [-0.05, 0) is 30.5 Å². The molecule has 0 atom stereocenters. The average molecular weight is 276 g/mol. The van der Waals surface area contributed by atoms with Gasteiger partial charge in [-0.15, -0.1) is 0 Å². The molecule has 0 unspecified atom stereocenters. The van der Waals surface area contributed by atoms with Crippen molar-refractivity contribution in [2.24, 2.45) is 0 Å². The fourth-order valence-electron chi connectivity index (χ4n) is 1.62. The van der Waals surface area contributed by atoms with Crippen molar-refractivity contribution in [2.75, 3.05) is 16.8 Å². The maximum atomic E-state index is 11.6. The summed E-state index contributed by atoms with van der Waals surface area (Å²) in [5.74, 6) is 1.10. The van der Waals surface area contributed by atoms with Crippen LogP contribution in [0, 0.1) is 11.3 Å². The van der Waals surface area contributed by atoms with E-state index < -0.39 is 0 Å². The molecule has 0 aliphatic heterocycles. The number of thioether (sulfide) groups is 1. The number of benzene rings is 1. The van der Waals surface area contributed by atoms with Gasteiger partial charge in [-0.1, -0.05) is 25.5 Å². The van der Waals surface area contributed by atoms with E-state index in [0.717, 1.165) is 12.1 Å². The number of carbonyl (C=O) groups is 1. The van der Waals surface area contributed by atoms with E-state index in [9.17, 15) is 4.79 Å². The molecule has 0 heterocycles. The summed E-state index contributed by atoms with van der Waals surface area (Å²) in [5.41, 5.74) is 2.15. The van der Waals surface area contributed by atoms with Crippen LogP contribution in [0.15, 0.2) is 24.3 Å². The third-order valence-corrected chi connectivity index (χ3v) is 3.61. The van der Waals surface area contributed by atoms with Gasteiger partial charge in [-0.3, -0.25) is 4.79 Å². The lowest BCUT2D eigenvalue weighted by Gasteiger charge is -2.06. The van der Waals surface area contributed by atoms with E-state index in [4.69, 9.17) is 5.26 Å². The number of nitrogens with one attached hydrogen (secondary N) is 1. The van der Waals surface area contributed by atoms with Gasteiger partial charge in [0, 0.05) is 17.9 Å². The van der Waals surface area contributed by atoms with E-state index in [0.29, 0.717) is 17.9 Å². The van der Waals surface area contributed by atoms with E-state index in [-0.39, 0.29) is 5.91 Å². The van der Waals surface area contributed by atoms with Crippen LogP contribution in [-0.4, -0.2) is 17.4 Å². The highest BCUT2D eigenvalue weighted by atomic mass is 32.2. The van der Waals surface area contributed by atoms with Crippen LogP contribution in [-0.2, 0) is 11.2 Å². The molecule has 0 saturated carbocycles. The standard InChI is InChI=1S/C15H20N2OS/c1-2-3-5-13-6-8-14(9-7-13)17-15(18)12-19-11-4-10-16/h6-9H,2-5,11-12H2,1H3,(H,17,18). The first-order valence-corrected chi connectivity index (χ1v) is 7.75. The molecule has 1 N–H and O–H groups in total. The molecule has 0 aliphatic carbocycles. The molecule has 19 heavy (non-hydrogen) atoms. The van der Waals surface area contributed by atoms with E-state index >= 15 is 0 Å². The summed E-state index contributed by atoms with van der Waals surface area (Å²) < 4.78 is 0. The Bertz CT molecular complexity index is 423. The molecule has 0 aromatic heterocycles. The summed E-state index contributed by atoms with van der Waals surface area (Å²) in [7, 11) is 0. The Balaban J connectivity index is 2.32. The SMILES string of the molecule is CCCCc1ccc(NC(=O)CSCCC#N)cc1. The van der Waals surface area contributed by atoms with Crippen LogP contribution in [0.3, 0.4) is 0 Å². The molecular weight excluding hydrogens is 256 g/mol. The van der Waals surface area contributed by atoms with Crippen LogP contribution in [0.4, 0.5) is 5.69 Å². The molecule has 0 aliphatic rings. The average Bonchev–Trinajstić information content (AvgIpc) is 2.43. The summed E-state index contributed by atoms with van der Waals surface area (Å²) in [6.45, 7) is 2.18. The van der Waals surface area contributed by atoms with Crippen molar-refractivity contribution in [1.82, 2.24) is 0 Å². The van der Waals surface area contributed by atoms with Crippen molar-refractivity contribution in [2.45, 2.75) is 32.6 Å². The van der Waals surface area contributed by atoms with Gasteiger partial charge in [-0.25, -0.2) is 0 Å². The number of hydrogen-bond acceptors (Lipinski definition) is 3. The maximum Gasteiger partial charge on any atom is 0.234 e. The second-order valence-electron chi connectivity index (χ2n) is 4.31. The monoisotopic (exact) mass is 276 g/mol. The molecular formula is C15H20N2OS. The molecule has 0 saturated heterocycles. The van der Waals surface area contributed by atoms with Crippen molar-refractivity contribution in [3.63, 3.8) is 0 Å². The Labute approximate surface area is 119 Å². The predicted octanol–water partition coefficient (Wildman–Crippen LogP) is 3.61. The second-order valence-corrected chi connectivity index (χ2v) is 5.41. The van der Waals surface area contributed by atoms with Gasteiger partial charge in [0.1, 0.15) is 0 Å². The van der Waals surface area contributed by atoms with Gasteiger partial charge in [0.15, 0.2) is 0 Å². The minimum absolute atomic E-state index is 0.00996. The molecule has 3 nitrogen and oxygen atoms in total. The van der Waals surface area contributed by atoms with Crippen LogP contribution >= 0.6 is 11.8 Å². The van der Waals surface area contributed by atoms with Crippen molar-refractivity contribution < 1.29 is 4.79 Å². The van der Waals surface area contributed by atoms with Crippen molar-refractivity contribution in [3.8, 4) is 6.07 Å². The van der Waals surface area contributed by atoms with Gasteiger partial charge in [0.2, 0.25) is 5.91 Å². The van der Waals surface area contributed by atoms with Crippen LogP contribution in [0.1, 0.15) is 31.7 Å². The number of nitrogens with zero attached hydrogens (tertiary/aromatic N) is 1. The Hall–Kier alpha value is -1.47. The second kappa shape index (κ2) is 9.46. The summed E-state index contributed by atoms with van der Waals surface area (Å²) in [6.07, 6.45) is 3.97. The highest BCUT2D eigenvalue weighted by Crippen LogP contribution is 2.12. The lowest BCUT2D eigenvalue weighted by atomic mass is 10.1. The number of hydrogen-bond donors (Lipinski definition) is 1. The van der Waals surface area contributed by atoms with E-state index in [1.165, 1.54) is 30.2 Å². The number of aryl methyl sites for hydroxylation is 1. The van der Waals surface area contributed by atoms with E-state index in [1.54, 1.807) is 0 Å². The Kier molecular flexibility index (Phi) is 7.76. The van der Waals surface area contributed by atoms with Crippen LogP contribution in [0.25, 0.3) is 0 Å². The number of anilines is 1. The quantitative estimate of drug-likeness (QED) is 0.738. The van der Waals surface area contributed by atoms with Gasteiger partial charge in [0.25, 0.3) is 0 Å². The zero-order chi connectivity index (χ0) is 13.9. The molecule has 0 fully saturated rings. The minimum atomic E-state index is -0.00996. The Morgan fingerprint density at radius 2 is 2.11 bits per heavy atom. The number of nitriles is 1. The van der Waals surface area contributed by atoms with Crippen LogP contribution in [0.2, 0.25) is 0 Å². The Morgan fingerprint density at radius 3 is 2.74 bits per heavy atom. The molecule has 1 amide bonds. The molecule has 0 spiro atoms. The molecule has 1 aromatic rings. The zero-order valence-corrected chi connectivity index (χ0v) is 12.1. The first-order valence-electron chi connectivity index (χ1n) is 6.59. The lowest BCUT2D eigenvalue weighted by molar-refractivity contribution is -0.113. The van der Waals surface area contributed by atoms with Crippen molar-refractivity contribution >= 4 is 23.4 Å². The molecule has 1 rings (SSSR count). The fourth-order valence-corrected chi connectivity index (χ4v) is 2.25. The molecule has 102 valence electrons. The van der Waals surface area contributed by atoms with Gasteiger partial charge < -0.3 is 5.32 Å². The summed E-state index contributed by atoms with van der Waals surface area (Å²) in [4.78, 5) is 11.6. The normalized spacial score (nSPS) is 9.89. The first-order chi connectivity index (χ1) is 9.26. The van der Waals surface area contributed by atoms with Crippen molar-refractivity contribution in [1.29, 1.82) is 5.26 Å². The topological polar surface area (TPSA) is 52.9 Å². The van der Waals surface area contributed by atoms with E-state index in [1.807, 2.05) is 12.1 Å². The third-order valence-electron chi connectivity index (χ3n) is 2.65. The lowest BCUT2D eigenvalue weighted by Crippen LogP contribution is -2.14. The van der Waals surface area contributed by atoms with Gasteiger partial charge in [0.05, 0.1) is 11.8 Å². The largest absolute Gasteiger partial charge is 0.325 e. The number of carbonyl (C=O) groups excluding carboxylic acids is 1. The molecule has 1 aromatic carbocycles. The van der Waals surface area contributed by atoms with Gasteiger partial charge in [-0.2, -0.15) is 17.0 Å². The van der Waals surface area contributed by atoms with Crippen molar-refractivity contribution in [3.05, 3.63) is 29.8 Å². The number of rotatable bonds is 8. The smallest absolute Gasteiger partial charge is 0.234 e. The highest BCUT2D eigenvalue weighted by molar-refractivity contribution is 7.99. The minimum Gasteiger partial charge on any atom is -0.325 e. The van der Waals surface area contributed by atoms with Gasteiger partial charge >= 0.3 is 0 Å². The third kappa shape index (κ3) is 6.88. The van der Waals surface area contributed by atoms with Crippen LogP contribution < -0.4 is 5.32 Å². The zero-order valence-electron chi connectivity index (χ0n) is 11.3. The summed E-state index contributed by atoms with van der Waals surface area (Å²) >= 11 is 1.48. The molecule has 0 radical (unpaired) electrons. The number of amides is 1. The maximum absolute atomic E-state index is 11.6. The summed E-state index contributed by atoms with van der Waals surface area (Å²) in [6, 6.07) is 10.1. The molecule has 0 bridgehead atoms. The first kappa shape index (κ1) is 15.6. The number of unbranched alkanes of at least 4 members (excludes halogenated alkanes) is 1. The predicted molar refractivity (Wildman–Crippen MR) is 81.2 cm³/mol. The Morgan fingerprint density at radius 1 is 1.37 bits per heavy atom. The molecule has 4 heteroatoms. The van der Waals surface area contributed by atoms with Crippen LogP contribution in [0.5, 0.6) is 0 Å². The highest BCUT2D eigenvalue weighted by Gasteiger charge is 2.02. The summed E-state index contributed by atoms with van der Waals surface area (Å²) in [5, 5.41) is 11.2. The van der Waals surface area contributed by atoms with E-state index in [2.05, 4.69) is 30.4 Å².